The first-order chi connectivity index (χ1) is 11.2. The highest BCUT2D eigenvalue weighted by molar-refractivity contribution is 5.95. The van der Waals surface area contributed by atoms with Crippen LogP contribution in [0.25, 0.3) is 0 Å². The van der Waals surface area contributed by atoms with E-state index < -0.39 is 0 Å². The number of hydrogen-bond donors (Lipinski definition) is 0. The molecule has 2 fully saturated rings. The summed E-state index contributed by atoms with van der Waals surface area (Å²) in [6.07, 6.45) is 0. The highest BCUT2D eigenvalue weighted by Gasteiger charge is 2.28. The van der Waals surface area contributed by atoms with Crippen molar-refractivity contribution < 1.29 is 14.3 Å². The molecule has 6 heteroatoms. The van der Waals surface area contributed by atoms with Crippen molar-refractivity contribution in [1.29, 1.82) is 0 Å². The smallest absolute Gasteiger partial charge is 0.320 e. The van der Waals surface area contributed by atoms with E-state index >= 15 is 0 Å². The zero-order valence-electron chi connectivity index (χ0n) is 13.5. The van der Waals surface area contributed by atoms with Gasteiger partial charge in [0.05, 0.1) is 13.2 Å². The minimum atomic E-state index is 0.0570. The van der Waals surface area contributed by atoms with Gasteiger partial charge in [0.2, 0.25) is 0 Å². The van der Waals surface area contributed by atoms with E-state index in [-0.39, 0.29) is 11.9 Å². The molecule has 0 N–H and O–H groups in total. The summed E-state index contributed by atoms with van der Waals surface area (Å²) < 4.78 is 5.28. The molecule has 0 atom stereocenters. The van der Waals surface area contributed by atoms with E-state index in [2.05, 4.69) is 0 Å². The summed E-state index contributed by atoms with van der Waals surface area (Å²) in [5.74, 6) is 0.0570. The Morgan fingerprint density at radius 3 is 2.09 bits per heavy atom. The van der Waals surface area contributed by atoms with E-state index in [9.17, 15) is 9.59 Å². The minimum absolute atomic E-state index is 0.0570. The minimum Gasteiger partial charge on any atom is -0.378 e. The number of nitrogens with zero attached hydrogens (tertiary/aromatic N) is 3. The highest BCUT2D eigenvalue weighted by Crippen LogP contribution is 2.14. The van der Waals surface area contributed by atoms with Gasteiger partial charge in [-0.3, -0.25) is 4.79 Å². The maximum absolute atomic E-state index is 12.6. The van der Waals surface area contributed by atoms with Crippen molar-refractivity contribution in [2.45, 2.75) is 6.92 Å². The number of piperazine rings is 1. The second kappa shape index (κ2) is 7.00. The van der Waals surface area contributed by atoms with Crippen LogP contribution in [0.5, 0.6) is 0 Å². The molecular formula is C17H23N3O3. The maximum atomic E-state index is 12.6. The van der Waals surface area contributed by atoms with Crippen molar-refractivity contribution in [1.82, 2.24) is 14.7 Å². The van der Waals surface area contributed by atoms with Crippen LogP contribution in [0.15, 0.2) is 24.3 Å². The van der Waals surface area contributed by atoms with Crippen LogP contribution in [-0.4, -0.2) is 79.1 Å². The van der Waals surface area contributed by atoms with Crippen molar-refractivity contribution in [2.24, 2.45) is 0 Å². The number of carbonyl (C=O) groups excluding carboxylic acids is 2. The third-order valence-corrected chi connectivity index (χ3v) is 4.49. The Kier molecular flexibility index (Phi) is 4.81. The molecule has 0 unspecified atom stereocenters. The standard InChI is InChI=1S/C17H23N3O3/c1-14-4-2-3-5-15(14)16(21)18-6-8-19(9-7-18)17(22)20-10-12-23-13-11-20/h2-5H,6-13H2,1H3. The second-order valence-corrected chi connectivity index (χ2v) is 5.98. The molecule has 2 aliphatic heterocycles. The largest absolute Gasteiger partial charge is 0.378 e. The van der Waals surface area contributed by atoms with Gasteiger partial charge in [0, 0.05) is 44.8 Å². The number of urea groups is 1. The third kappa shape index (κ3) is 3.47. The molecule has 2 heterocycles. The van der Waals surface area contributed by atoms with Crippen molar-refractivity contribution in [3.63, 3.8) is 0 Å². The molecular weight excluding hydrogens is 294 g/mol. The summed E-state index contributed by atoms with van der Waals surface area (Å²) in [6.45, 7) is 6.83. The van der Waals surface area contributed by atoms with Crippen LogP contribution in [0.3, 0.4) is 0 Å². The zero-order chi connectivity index (χ0) is 16.2. The van der Waals surface area contributed by atoms with Crippen LogP contribution in [0.4, 0.5) is 4.79 Å². The van der Waals surface area contributed by atoms with Gasteiger partial charge in [-0.1, -0.05) is 18.2 Å². The molecule has 1 aromatic carbocycles. The van der Waals surface area contributed by atoms with E-state index in [0.717, 1.165) is 11.1 Å². The van der Waals surface area contributed by atoms with E-state index in [1.54, 1.807) is 0 Å². The molecule has 0 aromatic heterocycles. The SMILES string of the molecule is Cc1ccccc1C(=O)N1CCN(C(=O)N2CCOCC2)CC1. The number of ether oxygens (including phenoxy) is 1. The lowest BCUT2D eigenvalue weighted by atomic mass is 10.1. The Labute approximate surface area is 136 Å². The number of benzene rings is 1. The predicted molar refractivity (Wildman–Crippen MR) is 86.4 cm³/mol. The maximum Gasteiger partial charge on any atom is 0.320 e. The topological polar surface area (TPSA) is 53.1 Å². The van der Waals surface area contributed by atoms with Crippen LogP contribution >= 0.6 is 0 Å². The molecule has 0 spiro atoms. The summed E-state index contributed by atoms with van der Waals surface area (Å²) in [6, 6.07) is 7.70. The molecule has 1 aromatic rings. The zero-order valence-corrected chi connectivity index (χ0v) is 13.5. The summed E-state index contributed by atoms with van der Waals surface area (Å²) in [5.41, 5.74) is 1.74. The van der Waals surface area contributed by atoms with E-state index in [1.165, 1.54) is 0 Å². The lowest BCUT2D eigenvalue weighted by Gasteiger charge is -2.38. The van der Waals surface area contributed by atoms with E-state index in [0.29, 0.717) is 52.5 Å². The lowest BCUT2D eigenvalue weighted by Crippen LogP contribution is -2.55. The summed E-state index contributed by atoms with van der Waals surface area (Å²) in [4.78, 5) is 30.6. The average Bonchev–Trinajstić information content (AvgIpc) is 2.62. The average molecular weight is 317 g/mol. The van der Waals surface area contributed by atoms with Crippen LogP contribution in [0.1, 0.15) is 15.9 Å². The van der Waals surface area contributed by atoms with Crippen molar-refractivity contribution in [3.8, 4) is 0 Å². The molecule has 124 valence electrons. The molecule has 3 rings (SSSR count). The number of morpholine rings is 1. The fraction of sp³-hybridized carbons (Fsp3) is 0.529. The molecule has 23 heavy (non-hydrogen) atoms. The fourth-order valence-corrected chi connectivity index (χ4v) is 3.04. The number of carbonyl (C=O) groups is 2. The molecule has 2 saturated heterocycles. The van der Waals surface area contributed by atoms with Crippen molar-refractivity contribution in [3.05, 3.63) is 35.4 Å². The van der Waals surface area contributed by atoms with Crippen LogP contribution in [-0.2, 0) is 4.74 Å². The third-order valence-electron chi connectivity index (χ3n) is 4.49. The predicted octanol–water partition coefficient (Wildman–Crippen LogP) is 1.21. The van der Waals surface area contributed by atoms with Crippen LogP contribution < -0.4 is 0 Å². The quantitative estimate of drug-likeness (QED) is 0.782. The Morgan fingerprint density at radius 2 is 1.43 bits per heavy atom. The summed E-state index contributed by atoms with van der Waals surface area (Å²) in [5, 5.41) is 0. The summed E-state index contributed by atoms with van der Waals surface area (Å²) in [7, 11) is 0. The number of aryl methyl sites for hydroxylation is 1. The molecule has 0 saturated carbocycles. The Morgan fingerprint density at radius 1 is 0.870 bits per heavy atom. The molecule has 0 aliphatic carbocycles. The molecule has 0 radical (unpaired) electrons. The first-order valence-electron chi connectivity index (χ1n) is 8.13. The first-order valence-corrected chi connectivity index (χ1v) is 8.13. The van der Waals surface area contributed by atoms with E-state index in [4.69, 9.17) is 4.74 Å². The Balaban J connectivity index is 1.57. The van der Waals surface area contributed by atoms with Crippen LogP contribution in [0.2, 0.25) is 0 Å². The van der Waals surface area contributed by atoms with E-state index in [1.807, 2.05) is 45.9 Å². The van der Waals surface area contributed by atoms with Gasteiger partial charge in [-0.15, -0.1) is 0 Å². The monoisotopic (exact) mass is 317 g/mol. The van der Waals surface area contributed by atoms with Crippen molar-refractivity contribution >= 4 is 11.9 Å². The van der Waals surface area contributed by atoms with Gasteiger partial charge in [0.15, 0.2) is 0 Å². The Hall–Kier alpha value is -2.08. The van der Waals surface area contributed by atoms with Crippen LogP contribution in [0, 0.1) is 6.92 Å². The molecule has 3 amide bonds. The normalized spacial score (nSPS) is 18.9. The van der Waals surface area contributed by atoms with Gasteiger partial charge < -0.3 is 19.4 Å². The molecule has 0 bridgehead atoms. The van der Waals surface area contributed by atoms with Crippen molar-refractivity contribution in [2.75, 3.05) is 52.5 Å². The fourth-order valence-electron chi connectivity index (χ4n) is 3.04. The highest BCUT2D eigenvalue weighted by atomic mass is 16.5. The number of hydrogen-bond acceptors (Lipinski definition) is 3. The van der Waals surface area contributed by atoms with Gasteiger partial charge in [-0.25, -0.2) is 4.79 Å². The van der Waals surface area contributed by atoms with Gasteiger partial charge in [0.1, 0.15) is 0 Å². The summed E-state index contributed by atoms with van der Waals surface area (Å²) >= 11 is 0. The number of rotatable bonds is 1. The van der Waals surface area contributed by atoms with Gasteiger partial charge >= 0.3 is 6.03 Å². The van der Waals surface area contributed by atoms with Gasteiger partial charge in [0.25, 0.3) is 5.91 Å². The molecule has 6 nitrogen and oxygen atoms in total. The number of amides is 3. The van der Waals surface area contributed by atoms with Gasteiger partial charge in [-0.2, -0.15) is 0 Å². The molecule has 2 aliphatic rings. The first kappa shape index (κ1) is 15.8. The lowest BCUT2D eigenvalue weighted by molar-refractivity contribution is 0.0362. The van der Waals surface area contributed by atoms with Gasteiger partial charge in [-0.05, 0) is 18.6 Å². The Bertz CT molecular complexity index is 576. The second-order valence-electron chi connectivity index (χ2n) is 5.98.